The molecule has 0 aliphatic heterocycles. The van der Waals surface area contributed by atoms with E-state index >= 15 is 0 Å². The van der Waals surface area contributed by atoms with Gasteiger partial charge in [-0.25, -0.2) is 4.39 Å². The van der Waals surface area contributed by atoms with Gasteiger partial charge in [0.2, 0.25) is 0 Å². The molecule has 0 atom stereocenters. The Labute approximate surface area is 135 Å². The first-order chi connectivity index (χ1) is 11.0. The maximum absolute atomic E-state index is 13.6. The quantitative estimate of drug-likeness (QED) is 0.629. The molecule has 2 heteroatoms. The molecule has 0 saturated carbocycles. The molecule has 0 amide bonds. The van der Waals surface area contributed by atoms with Crippen molar-refractivity contribution in [3.63, 3.8) is 0 Å². The number of hydrogen-bond donors (Lipinski definition) is 1. The Hall–Kier alpha value is -2.61. The van der Waals surface area contributed by atoms with Gasteiger partial charge in [-0.05, 0) is 52.1 Å². The Bertz CT molecular complexity index is 925. The van der Waals surface area contributed by atoms with Crippen LogP contribution in [-0.4, -0.2) is 5.11 Å². The van der Waals surface area contributed by atoms with Crippen LogP contribution in [0.4, 0.5) is 4.39 Å². The second-order valence-corrected chi connectivity index (χ2v) is 6.59. The van der Waals surface area contributed by atoms with E-state index in [4.69, 9.17) is 0 Å². The molecule has 0 saturated heterocycles. The van der Waals surface area contributed by atoms with Crippen LogP contribution in [-0.2, 0) is 5.41 Å². The zero-order valence-corrected chi connectivity index (χ0v) is 13.1. The summed E-state index contributed by atoms with van der Waals surface area (Å²) in [5.74, 6) is -0.250. The summed E-state index contributed by atoms with van der Waals surface area (Å²) in [7, 11) is 0. The lowest BCUT2D eigenvalue weighted by Crippen LogP contribution is -2.14. The topological polar surface area (TPSA) is 20.2 Å². The molecule has 1 N–H and O–H groups in total. The second-order valence-electron chi connectivity index (χ2n) is 6.59. The van der Waals surface area contributed by atoms with E-state index in [0.717, 1.165) is 5.56 Å². The van der Waals surface area contributed by atoms with Crippen molar-refractivity contribution in [2.24, 2.45) is 0 Å². The Morgan fingerprint density at radius 1 is 0.783 bits per heavy atom. The Balaban J connectivity index is 1.94. The number of aromatic hydroxyl groups is 1. The van der Waals surface area contributed by atoms with Gasteiger partial charge in [-0.3, -0.25) is 0 Å². The molecule has 4 rings (SSSR count). The minimum atomic E-state index is -0.346. The highest BCUT2D eigenvalue weighted by atomic mass is 19.1. The van der Waals surface area contributed by atoms with Gasteiger partial charge >= 0.3 is 0 Å². The molecule has 0 radical (unpaired) electrons. The minimum Gasteiger partial charge on any atom is -0.507 e. The summed E-state index contributed by atoms with van der Waals surface area (Å²) in [6, 6.07) is 18.6. The van der Waals surface area contributed by atoms with Crippen LogP contribution in [0.1, 0.15) is 25.0 Å². The molecule has 0 heterocycles. The fourth-order valence-electron chi connectivity index (χ4n) is 3.61. The SMILES string of the molecule is CC1(C)c2ccccc2-c2ccc(-c3cc(F)ccc3O)cc21. The van der Waals surface area contributed by atoms with Crippen LogP contribution in [0.3, 0.4) is 0 Å². The lowest BCUT2D eigenvalue weighted by atomic mass is 9.81. The van der Waals surface area contributed by atoms with Crippen molar-refractivity contribution in [1.29, 1.82) is 0 Å². The molecule has 0 unspecified atom stereocenters. The molecular formula is C21H17FO. The first-order valence-electron chi connectivity index (χ1n) is 7.72. The van der Waals surface area contributed by atoms with Gasteiger partial charge in [-0.2, -0.15) is 0 Å². The standard InChI is InChI=1S/C21H17FO/c1-21(2)18-6-4-3-5-15(18)16-9-7-13(11-19(16)21)17-12-14(22)8-10-20(17)23/h3-12,23H,1-2H3. The van der Waals surface area contributed by atoms with E-state index < -0.39 is 0 Å². The predicted molar refractivity (Wildman–Crippen MR) is 91.1 cm³/mol. The third-order valence-corrected chi connectivity index (χ3v) is 4.85. The van der Waals surface area contributed by atoms with E-state index in [1.807, 2.05) is 6.07 Å². The van der Waals surface area contributed by atoms with Gasteiger partial charge in [0.05, 0.1) is 0 Å². The fraction of sp³-hybridized carbons (Fsp3) is 0.143. The van der Waals surface area contributed by atoms with Gasteiger partial charge in [0.15, 0.2) is 0 Å². The molecular weight excluding hydrogens is 287 g/mol. The summed E-state index contributed by atoms with van der Waals surface area (Å²) < 4.78 is 13.6. The average molecular weight is 304 g/mol. The van der Waals surface area contributed by atoms with Crippen molar-refractivity contribution in [2.45, 2.75) is 19.3 Å². The summed E-state index contributed by atoms with van der Waals surface area (Å²) in [5, 5.41) is 10.1. The highest BCUT2D eigenvalue weighted by Crippen LogP contribution is 2.49. The number of halogens is 1. The van der Waals surface area contributed by atoms with Crippen molar-refractivity contribution in [3.05, 3.63) is 77.6 Å². The number of hydrogen-bond acceptors (Lipinski definition) is 1. The minimum absolute atomic E-state index is 0.0969. The molecule has 3 aromatic carbocycles. The van der Waals surface area contributed by atoms with Crippen molar-refractivity contribution in [2.75, 3.05) is 0 Å². The van der Waals surface area contributed by atoms with E-state index in [2.05, 4.69) is 50.2 Å². The summed E-state index contributed by atoms with van der Waals surface area (Å²) >= 11 is 0. The first kappa shape index (κ1) is 14.0. The molecule has 1 aliphatic rings. The van der Waals surface area contributed by atoms with Gasteiger partial charge in [0.25, 0.3) is 0 Å². The van der Waals surface area contributed by atoms with Crippen LogP contribution in [0.5, 0.6) is 5.75 Å². The Morgan fingerprint density at radius 3 is 2.35 bits per heavy atom. The molecule has 1 nitrogen and oxygen atoms in total. The normalized spacial score (nSPS) is 14.4. The second kappa shape index (κ2) is 4.69. The summed E-state index contributed by atoms with van der Waals surface area (Å²) in [6.45, 7) is 4.40. The number of phenolic OH excluding ortho intramolecular Hbond substituents is 1. The molecule has 23 heavy (non-hydrogen) atoms. The van der Waals surface area contributed by atoms with E-state index in [9.17, 15) is 9.50 Å². The van der Waals surface area contributed by atoms with Gasteiger partial charge < -0.3 is 5.11 Å². The van der Waals surface area contributed by atoms with E-state index in [0.29, 0.717) is 5.56 Å². The van der Waals surface area contributed by atoms with Crippen molar-refractivity contribution >= 4 is 0 Å². The smallest absolute Gasteiger partial charge is 0.124 e. The lowest BCUT2D eigenvalue weighted by Gasteiger charge is -2.22. The monoisotopic (exact) mass is 304 g/mol. The highest BCUT2D eigenvalue weighted by Gasteiger charge is 2.35. The van der Waals surface area contributed by atoms with Crippen LogP contribution in [0.2, 0.25) is 0 Å². The average Bonchev–Trinajstić information content (AvgIpc) is 2.78. The summed E-state index contributed by atoms with van der Waals surface area (Å²) in [6.07, 6.45) is 0. The fourth-order valence-corrected chi connectivity index (χ4v) is 3.61. The zero-order valence-electron chi connectivity index (χ0n) is 13.1. The molecule has 0 spiro atoms. The van der Waals surface area contributed by atoms with Crippen LogP contribution in [0.25, 0.3) is 22.3 Å². The number of phenols is 1. The Kier molecular flexibility index (Phi) is 2.86. The van der Waals surface area contributed by atoms with Crippen molar-refractivity contribution in [1.82, 2.24) is 0 Å². The number of fused-ring (bicyclic) bond motifs is 3. The first-order valence-corrected chi connectivity index (χ1v) is 7.72. The maximum Gasteiger partial charge on any atom is 0.124 e. The number of rotatable bonds is 1. The van der Waals surface area contributed by atoms with Crippen LogP contribution in [0, 0.1) is 5.82 Å². The van der Waals surface area contributed by atoms with Crippen molar-refractivity contribution in [3.8, 4) is 28.0 Å². The molecule has 0 bridgehead atoms. The number of benzene rings is 3. The predicted octanol–water partition coefficient (Wildman–Crippen LogP) is 5.50. The van der Waals surface area contributed by atoms with E-state index in [-0.39, 0.29) is 17.0 Å². The summed E-state index contributed by atoms with van der Waals surface area (Å²) in [5.41, 5.74) is 6.23. The lowest BCUT2D eigenvalue weighted by molar-refractivity contribution is 0.475. The van der Waals surface area contributed by atoms with Gasteiger partial charge in [0.1, 0.15) is 11.6 Å². The van der Waals surface area contributed by atoms with Gasteiger partial charge in [-0.15, -0.1) is 0 Å². The molecule has 0 fully saturated rings. The third-order valence-electron chi connectivity index (χ3n) is 4.85. The molecule has 3 aromatic rings. The van der Waals surface area contributed by atoms with E-state index in [1.54, 1.807) is 0 Å². The third kappa shape index (κ3) is 1.98. The van der Waals surface area contributed by atoms with Gasteiger partial charge in [0, 0.05) is 11.0 Å². The zero-order chi connectivity index (χ0) is 16.2. The van der Waals surface area contributed by atoms with E-state index in [1.165, 1.54) is 40.5 Å². The highest BCUT2D eigenvalue weighted by molar-refractivity contribution is 5.84. The molecule has 114 valence electrons. The van der Waals surface area contributed by atoms with Crippen molar-refractivity contribution < 1.29 is 9.50 Å². The van der Waals surface area contributed by atoms with Crippen LogP contribution >= 0.6 is 0 Å². The van der Waals surface area contributed by atoms with Gasteiger partial charge in [-0.1, -0.05) is 50.2 Å². The van der Waals surface area contributed by atoms with Crippen LogP contribution < -0.4 is 0 Å². The molecule has 1 aliphatic carbocycles. The molecule has 0 aromatic heterocycles. The Morgan fingerprint density at radius 2 is 1.52 bits per heavy atom. The maximum atomic E-state index is 13.6. The largest absolute Gasteiger partial charge is 0.507 e. The van der Waals surface area contributed by atoms with Crippen LogP contribution in [0.15, 0.2) is 60.7 Å². The summed E-state index contributed by atoms with van der Waals surface area (Å²) in [4.78, 5) is 0.